The van der Waals surface area contributed by atoms with Gasteiger partial charge in [-0.05, 0) is 17.7 Å². The van der Waals surface area contributed by atoms with Gasteiger partial charge in [0.05, 0.1) is 22.2 Å². The Morgan fingerprint density at radius 2 is 1.86 bits per heavy atom. The van der Waals surface area contributed by atoms with Gasteiger partial charge >= 0.3 is 0 Å². The van der Waals surface area contributed by atoms with Crippen molar-refractivity contribution in [3.63, 3.8) is 0 Å². The second-order valence-corrected chi connectivity index (χ2v) is 8.59. The van der Waals surface area contributed by atoms with Crippen molar-refractivity contribution in [1.29, 1.82) is 0 Å². The zero-order valence-corrected chi connectivity index (χ0v) is 16.4. The van der Waals surface area contributed by atoms with Crippen molar-refractivity contribution in [2.45, 2.75) is 12.6 Å². The lowest BCUT2D eigenvalue weighted by Crippen LogP contribution is -2.31. The highest BCUT2D eigenvalue weighted by Crippen LogP contribution is 2.39. The lowest BCUT2D eigenvalue weighted by molar-refractivity contribution is 0.0936. The number of amides is 1. The molecule has 0 spiro atoms. The first-order valence-electron chi connectivity index (χ1n) is 8.87. The van der Waals surface area contributed by atoms with E-state index < -0.39 is 0 Å². The van der Waals surface area contributed by atoms with Crippen LogP contribution in [0, 0.1) is 0 Å². The molecule has 1 atom stereocenters. The summed E-state index contributed by atoms with van der Waals surface area (Å²) >= 11 is 3.28. The number of hydrogen-bond donors (Lipinski definition) is 1. The van der Waals surface area contributed by atoms with Gasteiger partial charge < -0.3 is 5.32 Å². The molecule has 0 radical (unpaired) electrons. The van der Waals surface area contributed by atoms with Crippen molar-refractivity contribution in [2.75, 3.05) is 0 Å². The fourth-order valence-electron chi connectivity index (χ4n) is 3.27. The molecule has 3 aromatic heterocycles. The summed E-state index contributed by atoms with van der Waals surface area (Å²) in [5.41, 5.74) is 1.04. The Morgan fingerprint density at radius 1 is 1.04 bits per heavy atom. The average Bonchev–Trinajstić information content (AvgIpc) is 3.44. The second-order valence-electron chi connectivity index (χ2n) is 6.46. The SMILES string of the molecule is O=C(NC(Cn1cncn1)c1ccccc1)c1cc2sc3ccccc3c2s1. The van der Waals surface area contributed by atoms with Crippen LogP contribution in [0.15, 0.2) is 73.3 Å². The van der Waals surface area contributed by atoms with Crippen molar-refractivity contribution in [1.82, 2.24) is 20.1 Å². The van der Waals surface area contributed by atoms with Crippen LogP contribution in [0.25, 0.3) is 19.5 Å². The number of rotatable bonds is 5. The van der Waals surface area contributed by atoms with Gasteiger partial charge in [0.25, 0.3) is 5.91 Å². The van der Waals surface area contributed by atoms with Gasteiger partial charge in [-0.3, -0.25) is 9.48 Å². The van der Waals surface area contributed by atoms with Crippen molar-refractivity contribution < 1.29 is 4.79 Å². The molecule has 1 unspecified atom stereocenters. The van der Waals surface area contributed by atoms with Crippen molar-refractivity contribution in [2.24, 2.45) is 0 Å². The number of carbonyl (C=O) groups excluding carboxylic acids is 1. The lowest BCUT2D eigenvalue weighted by Gasteiger charge is -2.18. The summed E-state index contributed by atoms with van der Waals surface area (Å²) in [6.45, 7) is 0.526. The molecule has 0 aliphatic carbocycles. The third kappa shape index (κ3) is 3.19. The molecule has 0 bridgehead atoms. The van der Waals surface area contributed by atoms with Crippen LogP contribution >= 0.6 is 22.7 Å². The molecule has 0 aliphatic rings. The van der Waals surface area contributed by atoms with Gasteiger partial charge in [-0.15, -0.1) is 22.7 Å². The highest BCUT2D eigenvalue weighted by atomic mass is 32.1. The first-order chi connectivity index (χ1) is 13.8. The molecule has 1 amide bonds. The Kier molecular flexibility index (Phi) is 4.38. The van der Waals surface area contributed by atoms with Gasteiger partial charge in [0.1, 0.15) is 12.7 Å². The first-order valence-corrected chi connectivity index (χ1v) is 10.5. The van der Waals surface area contributed by atoms with E-state index in [4.69, 9.17) is 0 Å². The van der Waals surface area contributed by atoms with E-state index in [0.717, 1.165) is 15.1 Å². The van der Waals surface area contributed by atoms with Crippen LogP contribution < -0.4 is 5.32 Å². The zero-order valence-electron chi connectivity index (χ0n) is 14.8. The van der Waals surface area contributed by atoms with Crippen LogP contribution in [0.3, 0.4) is 0 Å². The molecule has 0 fully saturated rings. The number of fused-ring (bicyclic) bond motifs is 3. The minimum atomic E-state index is -0.188. The Hall–Kier alpha value is -3.03. The molecule has 5 aromatic rings. The predicted molar refractivity (Wildman–Crippen MR) is 114 cm³/mol. The van der Waals surface area contributed by atoms with Crippen LogP contribution in [0.4, 0.5) is 0 Å². The van der Waals surface area contributed by atoms with Crippen LogP contribution in [0.1, 0.15) is 21.3 Å². The molecule has 1 N–H and O–H groups in total. The maximum absolute atomic E-state index is 13.0. The largest absolute Gasteiger partial charge is 0.343 e. The molecule has 28 heavy (non-hydrogen) atoms. The standard InChI is InChI=1S/C21H16N4OS2/c26-21(19-10-18-20(28-19)15-8-4-5-9-17(15)27-18)24-16(11-25-13-22-12-23-25)14-6-2-1-3-7-14/h1-10,12-13,16H,11H2,(H,24,26). The third-order valence-corrected chi connectivity index (χ3v) is 7.03. The van der Waals surface area contributed by atoms with E-state index in [1.807, 2.05) is 48.5 Å². The number of hydrogen-bond acceptors (Lipinski definition) is 5. The highest BCUT2D eigenvalue weighted by molar-refractivity contribution is 7.33. The number of thiophene rings is 2. The highest BCUT2D eigenvalue weighted by Gasteiger charge is 2.19. The molecular weight excluding hydrogens is 388 g/mol. The zero-order chi connectivity index (χ0) is 18.9. The van der Waals surface area contributed by atoms with E-state index in [0.29, 0.717) is 6.54 Å². The molecule has 2 aromatic carbocycles. The summed E-state index contributed by atoms with van der Waals surface area (Å²) in [5.74, 6) is -0.0635. The third-order valence-electron chi connectivity index (χ3n) is 4.62. The van der Waals surface area contributed by atoms with Crippen LogP contribution in [0.2, 0.25) is 0 Å². The quantitative estimate of drug-likeness (QED) is 0.454. The van der Waals surface area contributed by atoms with E-state index in [1.54, 1.807) is 33.7 Å². The predicted octanol–water partition coefficient (Wildman–Crippen LogP) is 4.88. The summed E-state index contributed by atoms with van der Waals surface area (Å²) in [6.07, 6.45) is 3.16. The second kappa shape index (κ2) is 7.18. The van der Waals surface area contributed by atoms with E-state index in [1.165, 1.54) is 21.1 Å². The van der Waals surface area contributed by atoms with Gasteiger partial charge in [-0.25, -0.2) is 4.98 Å². The number of carbonyl (C=O) groups is 1. The number of nitrogens with one attached hydrogen (secondary N) is 1. The van der Waals surface area contributed by atoms with Gasteiger partial charge in [0.2, 0.25) is 0 Å². The molecule has 138 valence electrons. The summed E-state index contributed by atoms with van der Waals surface area (Å²) in [7, 11) is 0. The molecule has 0 saturated carbocycles. The van der Waals surface area contributed by atoms with E-state index in [9.17, 15) is 4.79 Å². The van der Waals surface area contributed by atoms with Crippen molar-refractivity contribution >= 4 is 48.1 Å². The molecule has 0 aliphatic heterocycles. The number of benzene rings is 2. The maximum atomic E-state index is 13.0. The maximum Gasteiger partial charge on any atom is 0.261 e. The van der Waals surface area contributed by atoms with E-state index in [2.05, 4.69) is 27.5 Å². The van der Waals surface area contributed by atoms with E-state index >= 15 is 0 Å². The Bertz CT molecular complexity index is 1240. The average molecular weight is 405 g/mol. The summed E-state index contributed by atoms with van der Waals surface area (Å²) in [6, 6.07) is 20.1. The van der Waals surface area contributed by atoms with E-state index in [-0.39, 0.29) is 11.9 Å². The summed E-state index contributed by atoms with van der Waals surface area (Å²) in [5, 5.41) is 8.57. The van der Waals surface area contributed by atoms with Crippen LogP contribution in [-0.4, -0.2) is 20.7 Å². The Morgan fingerprint density at radius 3 is 2.68 bits per heavy atom. The monoisotopic (exact) mass is 404 g/mol. The minimum absolute atomic E-state index is 0.0635. The molecule has 0 saturated heterocycles. The van der Waals surface area contributed by atoms with Crippen LogP contribution in [0.5, 0.6) is 0 Å². The van der Waals surface area contributed by atoms with Crippen molar-refractivity contribution in [3.05, 3.63) is 83.8 Å². The van der Waals surface area contributed by atoms with Gasteiger partial charge in [-0.1, -0.05) is 48.5 Å². The van der Waals surface area contributed by atoms with Crippen molar-refractivity contribution in [3.8, 4) is 0 Å². The van der Waals surface area contributed by atoms with Gasteiger partial charge in [0.15, 0.2) is 0 Å². The van der Waals surface area contributed by atoms with Crippen LogP contribution in [-0.2, 0) is 6.54 Å². The Balaban J connectivity index is 1.45. The first kappa shape index (κ1) is 17.1. The molecule has 5 rings (SSSR count). The smallest absolute Gasteiger partial charge is 0.261 e. The normalized spacial score (nSPS) is 12.4. The molecule has 3 heterocycles. The number of aromatic nitrogens is 3. The fourth-order valence-corrected chi connectivity index (χ4v) is 5.70. The topological polar surface area (TPSA) is 59.8 Å². The summed E-state index contributed by atoms with van der Waals surface area (Å²) < 4.78 is 5.32. The lowest BCUT2D eigenvalue weighted by atomic mass is 10.1. The molecule has 7 heteroatoms. The van der Waals surface area contributed by atoms with Gasteiger partial charge in [-0.2, -0.15) is 5.10 Å². The van der Waals surface area contributed by atoms with Gasteiger partial charge in [0, 0.05) is 14.8 Å². The number of nitrogens with zero attached hydrogens (tertiary/aromatic N) is 3. The minimum Gasteiger partial charge on any atom is -0.343 e. The molecule has 5 nitrogen and oxygen atoms in total. The Labute approximate surface area is 169 Å². The summed E-state index contributed by atoms with van der Waals surface area (Å²) in [4.78, 5) is 17.7. The fraction of sp³-hybridized carbons (Fsp3) is 0.0952. The molecular formula is C21H16N4OS2.